The molecule has 1 saturated heterocycles. The van der Waals surface area contributed by atoms with Gasteiger partial charge in [-0.05, 0) is 61.8 Å². The van der Waals surface area contributed by atoms with Gasteiger partial charge in [-0.2, -0.15) is 0 Å². The van der Waals surface area contributed by atoms with E-state index in [0.29, 0.717) is 28.9 Å². The molecule has 1 fully saturated rings. The third kappa shape index (κ3) is 5.37. The highest BCUT2D eigenvalue weighted by Crippen LogP contribution is 2.21. The number of likely N-dealkylation sites (tertiary alicyclic amines) is 1. The first-order valence-electron chi connectivity index (χ1n) is 8.57. The fourth-order valence-electron chi connectivity index (χ4n) is 3.12. The zero-order chi connectivity index (χ0) is 17.6. The molecule has 1 unspecified atom stereocenters. The summed E-state index contributed by atoms with van der Waals surface area (Å²) in [5.41, 5.74) is 1.72. The summed E-state index contributed by atoms with van der Waals surface area (Å²) in [5, 5.41) is 3.89. The molecule has 3 rings (SSSR count). The number of ether oxygens (including phenoxy) is 1. The lowest BCUT2D eigenvalue weighted by molar-refractivity contribution is 0.0786. The summed E-state index contributed by atoms with van der Waals surface area (Å²) in [6, 6.07) is 15.0. The Morgan fingerprint density at radius 2 is 2.04 bits per heavy atom. The lowest BCUT2D eigenvalue weighted by Gasteiger charge is -2.17. The minimum atomic E-state index is 0. The quantitative estimate of drug-likeness (QED) is 0.803. The van der Waals surface area contributed by atoms with Crippen molar-refractivity contribution in [3.8, 4) is 5.75 Å². The number of nitrogens with one attached hydrogen (secondary N) is 1. The molecule has 1 heterocycles. The Hall–Kier alpha value is -1.75. The van der Waals surface area contributed by atoms with Gasteiger partial charge < -0.3 is 15.0 Å². The first-order valence-corrected chi connectivity index (χ1v) is 8.94. The van der Waals surface area contributed by atoms with E-state index in [1.54, 1.807) is 0 Å². The lowest BCUT2D eigenvalue weighted by atomic mass is 10.1. The van der Waals surface area contributed by atoms with E-state index in [1.807, 2.05) is 60.5 Å². The maximum atomic E-state index is 12.7. The largest absolute Gasteiger partial charge is 0.489 e. The van der Waals surface area contributed by atoms with Gasteiger partial charge in [0.1, 0.15) is 12.4 Å². The molecule has 1 N–H and O–H groups in total. The predicted molar refractivity (Wildman–Crippen MR) is 107 cm³/mol. The standard InChI is InChI=1S/C20H23ClN2O2.ClH/c1-22-12-16-9-10-23(13-16)20(24)17-3-2-4-19(11-17)25-14-15-5-7-18(21)8-6-15;/h2-8,11,16,22H,9-10,12-14H2,1H3;1H. The lowest BCUT2D eigenvalue weighted by Crippen LogP contribution is -2.30. The van der Waals surface area contributed by atoms with Gasteiger partial charge in [0.2, 0.25) is 0 Å². The number of hydrogen-bond acceptors (Lipinski definition) is 3. The van der Waals surface area contributed by atoms with Gasteiger partial charge in [0.05, 0.1) is 0 Å². The molecule has 1 amide bonds. The van der Waals surface area contributed by atoms with Crippen molar-refractivity contribution < 1.29 is 9.53 Å². The summed E-state index contributed by atoms with van der Waals surface area (Å²) in [7, 11) is 1.95. The van der Waals surface area contributed by atoms with Crippen LogP contribution in [-0.4, -0.2) is 37.5 Å². The molecular weight excluding hydrogens is 371 g/mol. The third-order valence-corrected chi connectivity index (χ3v) is 4.72. The molecule has 26 heavy (non-hydrogen) atoms. The molecule has 0 aliphatic carbocycles. The van der Waals surface area contributed by atoms with Crippen LogP contribution in [0.25, 0.3) is 0 Å². The molecule has 1 atom stereocenters. The predicted octanol–water partition coefficient (Wildman–Crippen LogP) is 4.02. The van der Waals surface area contributed by atoms with Crippen LogP contribution in [0.4, 0.5) is 0 Å². The average molecular weight is 395 g/mol. The van der Waals surface area contributed by atoms with Gasteiger partial charge in [-0.3, -0.25) is 4.79 Å². The van der Waals surface area contributed by atoms with Gasteiger partial charge in [0.15, 0.2) is 0 Å². The second-order valence-electron chi connectivity index (χ2n) is 6.41. The van der Waals surface area contributed by atoms with Gasteiger partial charge in [-0.1, -0.05) is 29.8 Å². The van der Waals surface area contributed by atoms with Crippen LogP contribution in [0.1, 0.15) is 22.3 Å². The van der Waals surface area contributed by atoms with Crippen molar-refractivity contribution in [1.29, 1.82) is 0 Å². The van der Waals surface area contributed by atoms with Crippen LogP contribution in [0.2, 0.25) is 5.02 Å². The zero-order valence-corrected chi connectivity index (χ0v) is 16.4. The van der Waals surface area contributed by atoms with Crippen molar-refractivity contribution in [2.75, 3.05) is 26.7 Å². The average Bonchev–Trinajstić information content (AvgIpc) is 3.10. The van der Waals surface area contributed by atoms with E-state index in [9.17, 15) is 4.79 Å². The Morgan fingerprint density at radius 3 is 2.77 bits per heavy atom. The van der Waals surface area contributed by atoms with E-state index in [2.05, 4.69) is 5.32 Å². The fraction of sp³-hybridized carbons (Fsp3) is 0.350. The van der Waals surface area contributed by atoms with Crippen LogP contribution in [0.15, 0.2) is 48.5 Å². The highest BCUT2D eigenvalue weighted by molar-refractivity contribution is 6.30. The second-order valence-corrected chi connectivity index (χ2v) is 6.84. The molecule has 4 nitrogen and oxygen atoms in total. The van der Waals surface area contributed by atoms with E-state index in [1.165, 1.54) is 0 Å². The van der Waals surface area contributed by atoms with Crippen LogP contribution in [0, 0.1) is 5.92 Å². The van der Waals surface area contributed by atoms with Gasteiger partial charge >= 0.3 is 0 Å². The number of amides is 1. The molecule has 0 spiro atoms. The summed E-state index contributed by atoms with van der Waals surface area (Å²) in [6.07, 6.45) is 1.05. The van der Waals surface area contributed by atoms with E-state index >= 15 is 0 Å². The molecule has 1 aliphatic heterocycles. The highest BCUT2D eigenvalue weighted by Gasteiger charge is 2.26. The number of carbonyl (C=O) groups excluding carboxylic acids is 1. The Kier molecular flexibility index (Phi) is 7.76. The number of hydrogen-bond donors (Lipinski definition) is 1. The smallest absolute Gasteiger partial charge is 0.253 e. The second kappa shape index (κ2) is 9.81. The number of rotatable bonds is 6. The molecule has 1 aliphatic rings. The molecule has 6 heteroatoms. The SMILES string of the molecule is CNCC1CCN(C(=O)c2cccc(OCc3ccc(Cl)cc3)c2)C1.Cl. The van der Waals surface area contributed by atoms with Crippen molar-refractivity contribution in [1.82, 2.24) is 10.2 Å². The van der Waals surface area contributed by atoms with Gasteiger partial charge in [-0.15, -0.1) is 12.4 Å². The first kappa shape index (κ1) is 20.6. The van der Waals surface area contributed by atoms with Crippen molar-refractivity contribution >= 4 is 29.9 Å². The monoisotopic (exact) mass is 394 g/mol. The third-order valence-electron chi connectivity index (χ3n) is 4.47. The van der Waals surface area contributed by atoms with Crippen LogP contribution >= 0.6 is 24.0 Å². The first-order chi connectivity index (χ1) is 12.2. The van der Waals surface area contributed by atoms with Gasteiger partial charge in [0.25, 0.3) is 5.91 Å². The van der Waals surface area contributed by atoms with Crippen LogP contribution in [-0.2, 0) is 6.61 Å². The number of nitrogens with zero attached hydrogens (tertiary/aromatic N) is 1. The molecule has 2 aromatic carbocycles. The fourth-order valence-corrected chi connectivity index (χ4v) is 3.25. The molecule has 0 bridgehead atoms. The topological polar surface area (TPSA) is 41.6 Å². The minimum absolute atomic E-state index is 0. The molecule has 2 aromatic rings. The van der Waals surface area contributed by atoms with Crippen LogP contribution < -0.4 is 10.1 Å². The van der Waals surface area contributed by atoms with Crippen molar-refractivity contribution in [2.45, 2.75) is 13.0 Å². The van der Waals surface area contributed by atoms with Gasteiger partial charge in [-0.25, -0.2) is 0 Å². The van der Waals surface area contributed by atoms with Crippen molar-refractivity contribution in [3.05, 3.63) is 64.7 Å². The van der Waals surface area contributed by atoms with Crippen LogP contribution in [0.5, 0.6) is 5.75 Å². The number of halogens is 2. The molecule has 0 aromatic heterocycles. The zero-order valence-electron chi connectivity index (χ0n) is 14.8. The maximum absolute atomic E-state index is 12.7. The van der Waals surface area contributed by atoms with Crippen molar-refractivity contribution in [2.24, 2.45) is 5.92 Å². The Labute approximate surface area is 165 Å². The maximum Gasteiger partial charge on any atom is 0.253 e. The van der Waals surface area contributed by atoms with Crippen LogP contribution in [0.3, 0.4) is 0 Å². The minimum Gasteiger partial charge on any atom is -0.489 e. The van der Waals surface area contributed by atoms with E-state index in [4.69, 9.17) is 16.3 Å². The normalized spacial score (nSPS) is 16.2. The van der Waals surface area contributed by atoms with E-state index in [-0.39, 0.29) is 18.3 Å². The summed E-state index contributed by atoms with van der Waals surface area (Å²) in [4.78, 5) is 14.6. The Morgan fingerprint density at radius 1 is 1.27 bits per heavy atom. The molecule has 0 saturated carbocycles. The van der Waals surface area contributed by atoms with E-state index in [0.717, 1.165) is 31.6 Å². The Bertz CT molecular complexity index is 722. The Balaban J connectivity index is 0.00000243. The van der Waals surface area contributed by atoms with E-state index < -0.39 is 0 Å². The summed E-state index contributed by atoms with van der Waals surface area (Å²) < 4.78 is 5.82. The number of benzene rings is 2. The van der Waals surface area contributed by atoms with Gasteiger partial charge in [0, 0.05) is 23.7 Å². The summed E-state index contributed by atoms with van der Waals surface area (Å²) >= 11 is 5.89. The van der Waals surface area contributed by atoms with Crippen molar-refractivity contribution in [3.63, 3.8) is 0 Å². The molecule has 140 valence electrons. The summed E-state index contributed by atoms with van der Waals surface area (Å²) in [6.45, 7) is 3.04. The number of carbonyl (C=O) groups is 1. The highest BCUT2D eigenvalue weighted by atomic mass is 35.5. The molecular formula is C20H24Cl2N2O2. The summed E-state index contributed by atoms with van der Waals surface area (Å²) in [5.74, 6) is 1.32. The molecule has 0 radical (unpaired) electrons.